The predicted octanol–water partition coefficient (Wildman–Crippen LogP) is 3.24. The summed E-state index contributed by atoms with van der Waals surface area (Å²) in [6, 6.07) is 6.26. The van der Waals surface area contributed by atoms with Crippen molar-refractivity contribution in [2.24, 2.45) is 5.92 Å². The molecular formula is C16H22FNO2. The molecule has 4 heteroatoms. The zero-order valence-corrected chi connectivity index (χ0v) is 12.3. The molecule has 1 aliphatic carbocycles. The summed E-state index contributed by atoms with van der Waals surface area (Å²) >= 11 is 0. The van der Waals surface area contributed by atoms with Crippen LogP contribution < -0.4 is 4.74 Å². The van der Waals surface area contributed by atoms with Gasteiger partial charge in [-0.05, 0) is 37.8 Å². The minimum Gasteiger partial charge on any atom is -0.481 e. The van der Waals surface area contributed by atoms with Gasteiger partial charge in [-0.2, -0.15) is 0 Å². The predicted molar refractivity (Wildman–Crippen MR) is 76.1 cm³/mol. The first-order chi connectivity index (χ1) is 9.47. The maximum absolute atomic E-state index is 13.1. The van der Waals surface area contributed by atoms with Crippen LogP contribution in [0.5, 0.6) is 5.75 Å². The van der Waals surface area contributed by atoms with Crippen molar-refractivity contribution in [2.45, 2.75) is 45.8 Å². The van der Waals surface area contributed by atoms with Crippen LogP contribution in [0, 0.1) is 11.7 Å². The Morgan fingerprint density at radius 3 is 2.65 bits per heavy atom. The van der Waals surface area contributed by atoms with E-state index in [-0.39, 0.29) is 11.7 Å². The number of benzene rings is 1. The topological polar surface area (TPSA) is 29.5 Å². The second-order valence-electron chi connectivity index (χ2n) is 5.83. The molecule has 1 unspecified atom stereocenters. The smallest absolute Gasteiger partial charge is 0.263 e. The summed E-state index contributed by atoms with van der Waals surface area (Å²) in [5, 5.41) is 0. The Bertz CT molecular complexity index is 471. The van der Waals surface area contributed by atoms with E-state index in [0.29, 0.717) is 17.7 Å². The SMILES string of the molecule is CC(C)CN(C(=O)C(C)Oc1cccc(F)c1)C1CC1. The summed E-state index contributed by atoms with van der Waals surface area (Å²) in [5.41, 5.74) is 0. The number of carbonyl (C=O) groups is 1. The Balaban J connectivity index is 1.99. The fraction of sp³-hybridized carbons (Fsp3) is 0.562. The molecule has 0 spiro atoms. The average molecular weight is 279 g/mol. The lowest BCUT2D eigenvalue weighted by molar-refractivity contribution is -0.139. The van der Waals surface area contributed by atoms with E-state index in [0.717, 1.165) is 19.4 Å². The number of hydrogen-bond donors (Lipinski definition) is 0. The number of hydrogen-bond acceptors (Lipinski definition) is 2. The molecular weight excluding hydrogens is 257 g/mol. The standard InChI is InChI=1S/C16H22FNO2/c1-11(2)10-18(14-7-8-14)16(19)12(3)20-15-6-4-5-13(17)9-15/h4-6,9,11-12,14H,7-8,10H2,1-3H3. The number of amides is 1. The van der Waals surface area contributed by atoms with Crippen LogP contribution in [0.3, 0.4) is 0 Å². The van der Waals surface area contributed by atoms with E-state index in [1.54, 1.807) is 19.1 Å². The second kappa shape index (κ2) is 6.25. The molecule has 110 valence electrons. The molecule has 3 nitrogen and oxygen atoms in total. The van der Waals surface area contributed by atoms with Crippen molar-refractivity contribution in [3.05, 3.63) is 30.1 Å². The molecule has 0 bridgehead atoms. The number of ether oxygens (including phenoxy) is 1. The highest BCUT2D eigenvalue weighted by Crippen LogP contribution is 2.28. The summed E-state index contributed by atoms with van der Waals surface area (Å²) in [7, 11) is 0. The molecule has 1 atom stereocenters. The largest absolute Gasteiger partial charge is 0.481 e. The van der Waals surface area contributed by atoms with Crippen molar-refractivity contribution in [3.63, 3.8) is 0 Å². The molecule has 0 N–H and O–H groups in total. The molecule has 0 heterocycles. The highest BCUT2D eigenvalue weighted by atomic mass is 19.1. The molecule has 1 aromatic rings. The molecule has 0 saturated heterocycles. The van der Waals surface area contributed by atoms with Gasteiger partial charge in [0, 0.05) is 18.7 Å². The third kappa shape index (κ3) is 3.95. The Morgan fingerprint density at radius 1 is 1.40 bits per heavy atom. The maximum atomic E-state index is 13.1. The Kier molecular flexibility index (Phi) is 4.63. The third-order valence-corrected chi connectivity index (χ3v) is 3.29. The summed E-state index contributed by atoms with van der Waals surface area (Å²) < 4.78 is 18.7. The minimum atomic E-state index is -0.587. The van der Waals surface area contributed by atoms with E-state index in [1.165, 1.54) is 12.1 Å². The molecule has 1 saturated carbocycles. The first-order valence-electron chi connectivity index (χ1n) is 7.20. The van der Waals surface area contributed by atoms with Gasteiger partial charge in [-0.3, -0.25) is 4.79 Å². The highest BCUT2D eigenvalue weighted by molar-refractivity contribution is 5.81. The summed E-state index contributed by atoms with van der Waals surface area (Å²) in [5.74, 6) is 0.459. The third-order valence-electron chi connectivity index (χ3n) is 3.29. The number of rotatable bonds is 6. The Labute approximate surface area is 119 Å². The number of carbonyl (C=O) groups excluding carboxylic acids is 1. The van der Waals surface area contributed by atoms with Crippen LogP contribution in [-0.2, 0) is 4.79 Å². The lowest BCUT2D eigenvalue weighted by Gasteiger charge is -2.27. The van der Waals surface area contributed by atoms with Gasteiger partial charge in [0.25, 0.3) is 5.91 Å². The van der Waals surface area contributed by atoms with Gasteiger partial charge in [0.1, 0.15) is 11.6 Å². The molecule has 0 aromatic heterocycles. The van der Waals surface area contributed by atoms with Crippen molar-refractivity contribution in [2.75, 3.05) is 6.54 Å². The van der Waals surface area contributed by atoms with Crippen LogP contribution in [0.4, 0.5) is 4.39 Å². The Hall–Kier alpha value is -1.58. The monoisotopic (exact) mass is 279 g/mol. The highest BCUT2D eigenvalue weighted by Gasteiger charge is 2.35. The first-order valence-corrected chi connectivity index (χ1v) is 7.20. The van der Waals surface area contributed by atoms with E-state index >= 15 is 0 Å². The van der Waals surface area contributed by atoms with Gasteiger partial charge >= 0.3 is 0 Å². The summed E-state index contributed by atoms with van der Waals surface area (Å²) in [6.45, 7) is 6.67. The molecule has 20 heavy (non-hydrogen) atoms. The van der Waals surface area contributed by atoms with Gasteiger partial charge in [0.05, 0.1) is 0 Å². The van der Waals surface area contributed by atoms with Crippen molar-refractivity contribution < 1.29 is 13.9 Å². The van der Waals surface area contributed by atoms with Crippen LogP contribution >= 0.6 is 0 Å². The second-order valence-corrected chi connectivity index (χ2v) is 5.83. The molecule has 2 rings (SSSR count). The number of nitrogens with zero attached hydrogens (tertiary/aromatic N) is 1. The summed E-state index contributed by atoms with van der Waals surface area (Å²) in [4.78, 5) is 14.4. The normalized spacial score (nSPS) is 16.1. The summed E-state index contributed by atoms with van der Waals surface area (Å²) in [6.07, 6.45) is 1.56. The van der Waals surface area contributed by atoms with Gasteiger partial charge in [0.15, 0.2) is 6.10 Å². The van der Waals surface area contributed by atoms with Crippen LogP contribution in [0.15, 0.2) is 24.3 Å². The van der Waals surface area contributed by atoms with E-state index in [4.69, 9.17) is 4.74 Å². The van der Waals surface area contributed by atoms with Gasteiger partial charge in [-0.15, -0.1) is 0 Å². The van der Waals surface area contributed by atoms with Crippen LogP contribution in [0.1, 0.15) is 33.6 Å². The van der Waals surface area contributed by atoms with Crippen molar-refractivity contribution in [1.82, 2.24) is 4.90 Å². The minimum absolute atomic E-state index is 0.00883. The van der Waals surface area contributed by atoms with E-state index < -0.39 is 6.10 Å². The van der Waals surface area contributed by atoms with E-state index in [2.05, 4.69) is 13.8 Å². The fourth-order valence-electron chi connectivity index (χ4n) is 2.23. The number of halogens is 1. The molecule has 1 amide bonds. The van der Waals surface area contributed by atoms with Crippen LogP contribution in [0.25, 0.3) is 0 Å². The zero-order valence-electron chi connectivity index (χ0n) is 12.3. The Morgan fingerprint density at radius 2 is 2.10 bits per heavy atom. The van der Waals surface area contributed by atoms with Crippen LogP contribution in [-0.4, -0.2) is 29.5 Å². The lowest BCUT2D eigenvalue weighted by Crippen LogP contribution is -2.43. The zero-order chi connectivity index (χ0) is 14.7. The van der Waals surface area contributed by atoms with E-state index in [1.807, 2.05) is 4.90 Å². The first kappa shape index (κ1) is 14.8. The molecule has 0 radical (unpaired) electrons. The van der Waals surface area contributed by atoms with Gasteiger partial charge in [-0.25, -0.2) is 4.39 Å². The van der Waals surface area contributed by atoms with E-state index in [9.17, 15) is 9.18 Å². The fourth-order valence-corrected chi connectivity index (χ4v) is 2.23. The molecule has 1 fully saturated rings. The van der Waals surface area contributed by atoms with Crippen molar-refractivity contribution in [3.8, 4) is 5.75 Å². The van der Waals surface area contributed by atoms with Gasteiger partial charge in [-0.1, -0.05) is 19.9 Å². The molecule has 0 aliphatic heterocycles. The quantitative estimate of drug-likeness (QED) is 0.800. The van der Waals surface area contributed by atoms with Crippen LogP contribution in [0.2, 0.25) is 0 Å². The van der Waals surface area contributed by atoms with Gasteiger partial charge in [0.2, 0.25) is 0 Å². The van der Waals surface area contributed by atoms with Crippen molar-refractivity contribution >= 4 is 5.91 Å². The van der Waals surface area contributed by atoms with Gasteiger partial charge < -0.3 is 9.64 Å². The maximum Gasteiger partial charge on any atom is 0.263 e. The average Bonchev–Trinajstić information content (AvgIpc) is 3.19. The van der Waals surface area contributed by atoms with Crippen molar-refractivity contribution in [1.29, 1.82) is 0 Å². The lowest BCUT2D eigenvalue weighted by atomic mass is 10.2. The molecule has 1 aliphatic rings. The molecule has 1 aromatic carbocycles.